The van der Waals surface area contributed by atoms with Crippen molar-refractivity contribution < 1.29 is 9.21 Å². The highest BCUT2D eigenvalue weighted by Crippen LogP contribution is 2.33. The molecule has 5 nitrogen and oxygen atoms in total. The number of anilines is 1. The predicted octanol–water partition coefficient (Wildman–Crippen LogP) is 5.41. The Morgan fingerprint density at radius 1 is 1.07 bits per heavy atom. The fraction of sp³-hybridized carbons (Fsp3) is 0.0952. The van der Waals surface area contributed by atoms with E-state index in [1.807, 2.05) is 26.0 Å². The van der Waals surface area contributed by atoms with Crippen LogP contribution < -0.4 is 5.32 Å². The van der Waals surface area contributed by atoms with E-state index in [1.165, 1.54) is 0 Å². The Balaban J connectivity index is 1.71. The van der Waals surface area contributed by atoms with Crippen molar-refractivity contribution in [3.8, 4) is 11.5 Å². The first-order valence-electron chi connectivity index (χ1n) is 8.40. The maximum Gasteiger partial charge on any atom is 0.255 e. The molecule has 6 heteroatoms. The molecule has 0 fully saturated rings. The van der Waals surface area contributed by atoms with Crippen LogP contribution in [0.15, 0.2) is 59.3 Å². The van der Waals surface area contributed by atoms with Crippen molar-refractivity contribution in [2.75, 3.05) is 5.32 Å². The van der Waals surface area contributed by atoms with Crippen LogP contribution in [-0.2, 0) is 0 Å². The van der Waals surface area contributed by atoms with Crippen molar-refractivity contribution in [1.82, 2.24) is 9.97 Å². The van der Waals surface area contributed by atoms with Gasteiger partial charge in [0.25, 0.3) is 5.91 Å². The molecule has 0 atom stereocenters. The van der Waals surface area contributed by atoms with Crippen LogP contribution in [0.3, 0.4) is 0 Å². The average Bonchev–Trinajstić information content (AvgIpc) is 3.08. The van der Waals surface area contributed by atoms with Crippen molar-refractivity contribution >= 4 is 34.3 Å². The summed E-state index contributed by atoms with van der Waals surface area (Å²) in [6, 6.07) is 12.5. The van der Waals surface area contributed by atoms with Crippen LogP contribution in [0.4, 0.5) is 5.69 Å². The Labute approximate surface area is 161 Å². The molecule has 0 saturated carbocycles. The first kappa shape index (κ1) is 17.2. The summed E-state index contributed by atoms with van der Waals surface area (Å²) < 4.78 is 5.95. The van der Waals surface area contributed by atoms with Crippen molar-refractivity contribution in [2.24, 2.45) is 0 Å². The van der Waals surface area contributed by atoms with Gasteiger partial charge >= 0.3 is 0 Å². The lowest BCUT2D eigenvalue weighted by Gasteiger charge is -2.07. The number of pyridine rings is 1. The number of hydrogen-bond acceptors (Lipinski definition) is 4. The van der Waals surface area contributed by atoms with Crippen LogP contribution in [0.2, 0.25) is 5.02 Å². The fourth-order valence-electron chi connectivity index (χ4n) is 2.97. The lowest BCUT2D eigenvalue weighted by atomic mass is 10.1. The largest absolute Gasteiger partial charge is 0.436 e. The molecule has 0 radical (unpaired) electrons. The normalized spacial score (nSPS) is 10.9. The van der Waals surface area contributed by atoms with Gasteiger partial charge in [-0.05, 0) is 61.4 Å². The third kappa shape index (κ3) is 3.41. The quantitative estimate of drug-likeness (QED) is 0.518. The highest BCUT2D eigenvalue weighted by molar-refractivity contribution is 6.33. The Morgan fingerprint density at radius 2 is 1.85 bits per heavy atom. The number of carbonyl (C=O) groups is 1. The summed E-state index contributed by atoms with van der Waals surface area (Å²) in [7, 11) is 0. The van der Waals surface area contributed by atoms with Crippen LogP contribution in [0.25, 0.3) is 22.6 Å². The number of rotatable bonds is 3. The minimum atomic E-state index is -0.227. The van der Waals surface area contributed by atoms with Crippen molar-refractivity contribution in [3.63, 3.8) is 0 Å². The molecule has 1 amide bonds. The van der Waals surface area contributed by atoms with E-state index < -0.39 is 0 Å². The Bertz CT molecular complexity index is 1150. The molecule has 1 N–H and O–H groups in total. The number of nitrogens with one attached hydrogen (secondary N) is 1. The standard InChI is InChI=1S/C21H16ClN3O2/c1-12-9-13(2)19-18(10-12)25-21(27-19)16-11-15(3-4-17(16)22)24-20(26)14-5-7-23-8-6-14/h3-11H,1-2H3,(H,24,26). The summed E-state index contributed by atoms with van der Waals surface area (Å²) in [4.78, 5) is 20.8. The number of benzene rings is 2. The van der Waals surface area contributed by atoms with Gasteiger partial charge in [0.2, 0.25) is 5.89 Å². The first-order chi connectivity index (χ1) is 13.0. The van der Waals surface area contributed by atoms with Gasteiger partial charge < -0.3 is 9.73 Å². The van der Waals surface area contributed by atoms with E-state index in [9.17, 15) is 4.79 Å². The number of amides is 1. The second-order valence-electron chi connectivity index (χ2n) is 6.33. The molecule has 0 saturated heterocycles. The fourth-order valence-corrected chi connectivity index (χ4v) is 3.16. The van der Waals surface area contributed by atoms with E-state index in [-0.39, 0.29) is 5.91 Å². The van der Waals surface area contributed by atoms with Crippen LogP contribution >= 0.6 is 11.6 Å². The highest BCUT2D eigenvalue weighted by atomic mass is 35.5. The third-order valence-corrected chi connectivity index (χ3v) is 4.55. The van der Waals surface area contributed by atoms with E-state index in [1.54, 1.807) is 42.7 Å². The molecule has 0 unspecified atom stereocenters. The van der Waals surface area contributed by atoms with Gasteiger partial charge in [-0.3, -0.25) is 9.78 Å². The van der Waals surface area contributed by atoms with Gasteiger partial charge in [-0.25, -0.2) is 4.98 Å². The van der Waals surface area contributed by atoms with Gasteiger partial charge in [-0.1, -0.05) is 17.7 Å². The van der Waals surface area contributed by atoms with Crippen molar-refractivity contribution in [3.05, 3.63) is 76.6 Å². The number of oxazole rings is 1. The van der Waals surface area contributed by atoms with E-state index in [2.05, 4.69) is 15.3 Å². The van der Waals surface area contributed by atoms with Crippen molar-refractivity contribution in [1.29, 1.82) is 0 Å². The number of hydrogen-bond donors (Lipinski definition) is 1. The summed E-state index contributed by atoms with van der Waals surface area (Å²) in [6.07, 6.45) is 3.15. The number of nitrogens with zero attached hydrogens (tertiary/aromatic N) is 2. The Hall–Kier alpha value is -3.18. The van der Waals surface area contributed by atoms with Gasteiger partial charge in [0.15, 0.2) is 5.58 Å². The summed E-state index contributed by atoms with van der Waals surface area (Å²) in [6.45, 7) is 4.00. The molecule has 2 aromatic carbocycles. The number of carbonyl (C=O) groups excluding carboxylic acids is 1. The lowest BCUT2D eigenvalue weighted by Crippen LogP contribution is -2.11. The van der Waals surface area contributed by atoms with Crippen LogP contribution in [-0.4, -0.2) is 15.9 Å². The summed E-state index contributed by atoms with van der Waals surface area (Å²) in [5, 5.41) is 3.35. The van der Waals surface area contributed by atoms with Gasteiger partial charge in [0.1, 0.15) is 5.52 Å². The summed E-state index contributed by atoms with van der Waals surface area (Å²) >= 11 is 6.36. The zero-order valence-corrected chi connectivity index (χ0v) is 15.5. The SMILES string of the molecule is Cc1cc(C)c2oc(-c3cc(NC(=O)c4ccncc4)ccc3Cl)nc2c1. The highest BCUT2D eigenvalue weighted by Gasteiger charge is 2.15. The number of fused-ring (bicyclic) bond motifs is 1. The molecule has 27 heavy (non-hydrogen) atoms. The zero-order chi connectivity index (χ0) is 19.0. The molecule has 4 rings (SSSR count). The average molecular weight is 378 g/mol. The first-order valence-corrected chi connectivity index (χ1v) is 8.78. The Morgan fingerprint density at radius 3 is 2.63 bits per heavy atom. The lowest BCUT2D eigenvalue weighted by molar-refractivity contribution is 0.102. The van der Waals surface area contributed by atoms with Crippen molar-refractivity contribution in [2.45, 2.75) is 13.8 Å². The molecule has 2 heterocycles. The van der Waals surface area contributed by atoms with Crippen LogP contribution in [0.5, 0.6) is 0 Å². The molecular weight excluding hydrogens is 362 g/mol. The topological polar surface area (TPSA) is 68.0 Å². The predicted molar refractivity (Wildman–Crippen MR) is 106 cm³/mol. The third-order valence-electron chi connectivity index (χ3n) is 4.22. The summed E-state index contributed by atoms with van der Waals surface area (Å²) in [5.41, 5.74) is 5.40. The number of aryl methyl sites for hydroxylation is 2. The Kier molecular flexibility index (Phi) is 4.38. The molecule has 2 aromatic heterocycles. The van der Waals surface area contributed by atoms with Gasteiger partial charge in [0.05, 0.1) is 10.6 Å². The van der Waals surface area contributed by atoms with E-state index in [0.29, 0.717) is 27.7 Å². The maximum absolute atomic E-state index is 12.4. The van der Waals surface area contributed by atoms with E-state index in [4.69, 9.17) is 16.0 Å². The molecule has 0 aliphatic heterocycles. The second kappa shape index (κ2) is 6.85. The molecule has 134 valence electrons. The molecule has 0 aliphatic rings. The molecule has 0 aliphatic carbocycles. The van der Waals surface area contributed by atoms with E-state index >= 15 is 0 Å². The minimum Gasteiger partial charge on any atom is -0.436 e. The number of aromatic nitrogens is 2. The second-order valence-corrected chi connectivity index (χ2v) is 6.74. The van der Waals surface area contributed by atoms with Crippen LogP contribution in [0.1, 0.15) is 21.5 Å². The van der Waals surface area contributed by atoms with Crippen LogP contribution in [0, 0.1) is 13.8 Å². The van der Waals surface area contributed by atoms with E-state index in [0.717, 1.165) is 22.2 Å². The van der Waals surface area contributed by atoms with Gasteiger partial charge in [-0.2, -0.15) is 0 Å². The monoisotopic (exact) mass is 377 g/mol. The molecular formula is C21H16ClN3O2. The van der Waals surface area contributed by atoms with Gasteiger partial charge in [0, 0.05) is 23.6 Å². The maximum atomic E-state index is 12.4. The summed E-state index contributed by atoms with van der Waals surface area (Å²) in [5.74, 6) is 0.193. The molecule has 0 spiro atoms. The van der Waals surface area contributed by atoms with Gasteiger partial charge in [-0.15, -0.1) is 0 Å². The molecule has 0 bridgehead atoms. The smallest absolute Gasteiger partial charge is 0.255 e. The molecule has 4 aromatic rings. The number of halogens is 1. The zero-order valence-electron chi connectivity index (χ0n) is 14.8. The minimum absolute atomic E-state index is 0.227.